The predicted octanol–water partition coefficient (Wildman–Crippen LogP) is 1.80. The highest BCUT2D eigenvalue weighted by atomic mass is 28.3. The van der Waals surface area contributed by atoms with Crippen molar-refractivity contribution in [3.8, 4) is 0 Å². The van der Waals surface area contributed by atoms with Gasteiger partial charge in [-0.1, -0.05) is 19.6 Å². The minimum Gasteiger partial charge on any atom is -0.481 e. The normalized spacial score (nSPS) is 22.3. The first-order valence-electron chi connectivity index (χ1n) is 5.07. The van der Waals surface area contributed by atoms with Gasteiger partial charge in [-0.05, 0) is 6.00 Å². The summed E-state index contributed by atoms with van der Waals surface area (Å²) in [5, 5.41) is 3.51. The van der Waals surface area contributed by atoms with Crippen LogP contribution in [0.5, 0.6) is 0 Å². The van der Waals surface area contributed by atoms with Crippen LogP contribution in [0, 0.1) is 0 Å². The van der Waals surface area contributed by atoms with E-state index in [4.69, 9.17) is 6.91 Å². The van der Waals surface area contributed by atoms with Gasteiger partial charge in [0.15, 0.2) is 0 Å². The summed E-state index contributed by atoms with van der Waals surface area (Å²) in [6.07, 6.45) is -2.76. The highest BCUT2D eigenvalue weighted by molar-refractivity contribution is 6.76. The molecule has 0 aliphatic carbocycles. The molecule has 0 bridgehead atoms. The Morgan fingerprint density at radius 1 is 1.78 bits per heavy atom. The first kappa shape index (κ1) is 3.19. The summed E-state index contributed by atoms with van der Waals surface area (Å²) in [6, 6.07) is 0. The molecule has 0 aromatic rings. The Morgan fingerprint density at radius 2 is 2.33 bits per heavy atom. The Bertz CT molecular complexity index is 235. The van der Waals surface area contributed by atoms with Crippen LogP contribution in [0.4, 0.5) is 0 Å². The van der Waals surface area contributed by atoms with Crippen LogP contribution in [0.25, 0.3) is 1.43 Å². The fourth-order valence-corrected chi connectivity index (χ4v) is 0.716. The largest absolute Gasteiger partial charge is 0.481 e. The number of rotatable bonds is 3. The van der Waals surface area contributed by atoms with Gasteiger partial charge in [0.2, 0.25) is 0 Å². The molecule has 0 aromatic carbocycles. The van der Waals surface area contributed by atoms with Gasteiger partial charge in [0, 0.05) is 19.9 Å². The van der Waals surface area contributed by atoms with Gasteiger partial charge in [-0.2, -0.15) is 0 Å². The Balaban J connectivity index is 5.18. The molecule has 1 N–H and O–H groups in total. The van der Waals surface area contributed by atoms with Crippen molar-refractivity contribution in [3.63, 3.8) is 0 Å². The van der Waals surface area contributed by atoms with Crippen LogP contribution in [0.3, 0.4) is 0 Å². The summed E-state index contributed by atoms with van der Waals surface area (Å²) in [4.78, 5) is 10.9. The maximum atomic E-state index is 10.9. The minimum absolute atomic E-state index is 1.48. The lowest BCUT2D eigenvalue weighted by atomic mass is 10.5. The molecule has 0 saturated carbocycles. The number of carboxylic acids is 1. The van der Waals surface area contributed by atoms with Gasteiger partial charge in [-0.3, -0.25) is 4.79 Å². The number of carboxylic acid groups (broad SMARTS) is 1. The van der Waals surface area contributed by atoms with Crippen LogP contribution in [0.2, 0.25) is 25.6 Å². The van der Waals surface area contributed by atoms with E-state index in [0.717, 1.165) is 0 Å². The second kappa shape index (κ2) is 3.01. The lowest BCUT2D eigenvalue weighted by Crippen LogP contribution is -2.20. The molecule has 0 unspecified atom stereocenters. The van der Waals surface area contributed by atoms with E-state index in [9.17, 15) is 4.79 Å². The quantitative estimate of drug-likeness (QED) is 0.624. The molecule has 0 heterocycles. The van der Waals surface area contributed by atoms with Crippen molar-refractivity contribution in [1.82, 2.24) is 0 Å². The summed E-state index contributed by atoms with van der Waals surface area (Å²) >= 11 is 0. The summed E-state index contributed by atoms with van der Waals surface area (Å²) in [6.45, 7) is 4.84. The molecule has 0 amide bonds. The van der Waals surface area contributed by atoms with Crippen LogP contribution in [0.15, 0.2) is 0 Å². The molecule has 2 nitrogen and oxygen atoms in total. The molecular weight excluding hydrogens is 132 g/mol. The average Bonchev–Trinajstić information content (AvgIpc) is 2.00. The second-order valence-electron chi connectivity index (χ2n) is 2.79. The SMILES string of the molecule is [2H]OC(=O)C([2H])([2H])C([2H])([2H])[Si](C)(C)C. The molecule has 0 aromatic heterocycles. The molecule has 0 radical (unpaired) electrons. The van der Waals surface area contributed by atoms with E-state index in [-0.39, 0.29) is 0 Å². The van der Waals surface area contributed by atoms with Crippen molar-refractivity contribution in [3.05, 3.63) is 0 Å². The third-order valence-corrected chi connectivity index (χ3v) is 1.41. The molecule has 0 aliphatic rings. The molecule has 0 saturated heterocycles. The maximum absolute atomic E-state index is 10.9. The Hall–Kier alpha value is -0.313. The van der Waals surface area contributed by atoms with E-state index in [0.29, 0.717) is 0 Å². The van der Waals surface area contributed by atoms with Crippen molar-refractivity contribution < 1.29 is 15.4 Å². The van der Waals surface area contributed by atoms with Crippen LogP contribution >= 0.6 is 0 Å². The first-order valence-corrected chi connectivity index (χ1v) is 6.16. The van der Waals surface area contributed by atoms with Gasteiger partial charge >= 0.3 is 5.97 Å². The number of aliphatic carboxylic acids is 1. The van der Waals surface area contributed by atoms with Gasteiger partial charge < -0.3 is 5.11 Å². The van der Waals surface area contributed by atoms with Gasteiger partial charge in [0.05, 0.1) is 0 Å². The Kier molecular flexibility index (Phi) is 1.07. The monoisotopic (exact) mass is 151 g/mol. The lowest BCUT2D eigenvalue weighted by molar-refractivity contribution is -0.136. The van der Waals surface area contributed by atoms with E-state index in [1.165, 1.54) is 0 Å². The van der Waals surface area contributed by atoms with E-state index in [2.05, 4.69) is 5.11 Å². The van der Waals surface area contributed by atoms with Crippen LogP contribution in [-0.4, -0.2) is 19.2 Å². The summed E-state index contributed by atoms with van der Waals surface area (Å²) in [5.74, 6) is -3.75. The van der Waals surface area contributed by atoms with E-state index < -0.39 is 26.4 Å². The maximum Gasteiger partial charge on any atom is 0.303 e. The lowest BCUT2D eigenvalue weighted by Gasteiger charge is -2.12. The number of hydrogen-bond acceptors (Lipinski definition) is 2. The third-order valence-electron chi connectivity index (χ3n) is 0.540. The molecule has 9 heavy (non-hydrogen) atoms. The highest BCUT2D eigenvalue weighted by Crippen LogP contribution is 2.10. The van der Waals surface area contributed by atoms with Crippen molar-refractivity contribution in [2.24, 2.45) is 0 Å². The molecule has 0 fully saturated rings. The zero-order chi connectivity index (χ0) is 11.8. The van der Waals surface area contributed by atoms with Crippen molar-refractivity contribution >= 4 is 14.0 Å². The molecule has 0 rings (SSSR count). The van der Waals surface area contributed by atoms with E-state index in [1.807, 2.05) is 0 Å². The molecule has 0 atom stereocenters. The predicted molar refractivity (Wildman–Crippen MR) is 40.4 cm³/mol. The standard InChI is InChI=1S/C6H14O2Si/c1-9(2,3)5-4-6(7)8/h4-5H2,1-3H3,(H,7,8)/i4D2,5D2/hD. The fraction of sp³-hybridized carbons (Fsp3) is 0.833. The Labute approximate surface area is 64.0 Å². The summed E-state index contributed by atoms with van der Waals surface area (Å²) < 4.78 is 36.1. The van der Waals surface area contributed by atoms with Gasteiger partial charge in [0.1, 0.15) is 0 Å². The summed E-state index contributed by atoms with van der Waals surface area (Å²) in [7, 11) is -2.53. The highest BCUT2D eigenvalue weighted by Gasteiger charge is 2.13. The smallest absolute Gasteiger partial charge is 0.303 e. The zero-order valence-electron chi connectivity index (χ0n) is 10.8. The number of carbonyl (C=O) groups is 1. The fourth-order valence-electron chi connectivity index (χ4n) is 0.239. The van der Waals surface area contributed by atoms with Crippen LogP contribution in [0.1, 0.15) is 11.9 Å². The molecule has 0 spiro atoms. The van der Waals surface area contributed by atoms with Crippen molar-refractivity contribution in [2.75, 3.05) is 0 Å². The minimum atomic E-state index is -2.76. The first-order chi connectivity index (χ1) is 5.98. The van der Waals surface area contributed by atoms with E-state index >= 15 is 0 Å². The van der Waals surface area contributed by atoms with Crippen molar-refractivity contribution in [1.29, 1.82) is 1.43 Å². The molecule has 3 heteroatoms. The molecule has 54 valence electrons. The molecule has 0 aliphatic heterocycles. The van der Waals surface area contributed by atoms with E-state index in [1.54, 1.807) is 19.6 Å². The molecular formula is C6H14O2Si. The van der Waals surface area contributed by atoms with Gasteiger partial charge in [-0.15, -0.1) is 0 Å². The number of hydrogen-bond donors (Lipinski definition) is 1. The second-order valence-corrected chi connectivity index (χ2v) is 7.54. The third kappa shape index (κ3) is 7.69. The van der Waals surface area contributed by atoms with Gasteiger partial charge in [-0.25, -0.2) is 0 Å². The Morgan fingerprint density at radius 3 is 2.67 bits per heavy atom. The van der Waals surface area contributed by atoms with Gasteiger partial charge in [0.25, 0.3) is 1.43 Å². The van der Waals surface area contributed by atoms with Crippen LogP contribution in [-0.2, 0) is 4.79 Å². The average molecular weight is 151 g/mol. The topological polar surface area (TPSA) is 37.3 Å². The summed E-state index contributed by atoms with van der Waals surface area (Å²) in [5.41, 5.74) is 0. The zero-order valence-corrected chi connectivity index (χ0v) is 6.82. The van der Waals surface area contributed by atoms with Crippen LogP contribution < -0.4 is 0 Å². The van der Waals surface area contributed by atoms with Crippen molar-refractivity contribution in [2.45, 2.75) is 32.0 Å².